The molecule has 1 fully saturated rings. The Morgan fingerprint density at radius 2 is 2.10 bits per heavy atom. The van der Waals surface area contributed by atoms with Gasteiger partial charge < -0.3 is 10.1 Å². The highest BCUT2D eigenvalue weighted by molar-refractivity contribution is 5.30. The molecule has 20 heavy (non-hydrogen) atoms. The van der Waals surface area contributed by atoms with Crippen molar-refractivity contribution in [1.82, 2.24) is 15.1 Å². The minimum atomic E-state index is 0.541. The molecule has 0 amide bonds. The number of methoxy groups -OCH3 is 1. The minimum Gasteiger partial charge on any atom is -0.493 e. The van der Waals surface area contributed by atoms with Crippen LogP contribution in [0.25, 0.3) is 0 Å². The van der Waals surface area contributed by atoms with Crippen LogP contribution in [-0.4, -0.2) is 29.5 Å². The quantitative estimate of drug-likeness (QED) is 0.832. The highest BCUT2D eigenvalue weighted by Crippen LogP contribution is 2.37. The zero-order chi connectivity index (χ0) is 14.4. The van der Waals surface area contributed by atoms with Crippen LogP contribution in [0.4, 0.5) is 0 Å². The normalized spacial score (nSPS) is 22.9. The van der Waals surface area contributed by atoms with E-state index in [0.717, 1.165) is 25.3 Å². The van der Waals surface area contributed by atoms with E-state index in [2.05, 4.69) is 28.9 Å². The Labute approximate surface area is 122 Å². The molecule has 4 heteroatoms. The van der Waals surface area contributed by atoms with Gasteiger partial charge in [-0.3, -0.25) is 4.68 Å². The molecular weight excluding hydrogens is 250 g/mol. The smallest absolute Gasteiger partial charge is 0.160 e. The van der Waals surface area contributed by atoms with Crippen molar-refractivity contribution in [2.75, 3.05) is 13.7 Å². The number of aryl methyl sites for hydroxylation is 1. The lowest BCUT2D eigenvalue weighted by Gasteiger charge is -2.33. The van der Waals surface area contributed by atoms with E-state index in [4.69, 9.17) is 4.74 Å². The highest BCUT2D eigenvalue weighted by atomic mass is 16.5. The lowest BCUT2D eigenvalue weighted by atomic mass is 9.82. The number of nitrogens with one attached hydrogen (secondary N) is 1. The van der Waals surface area contributed by atoms with Crippen LogP contribution in [0.1, 0.15) is 64.0 Å². The molecule has 114 valence electrons. The SMILES string of the molecule is CCCNC1CCCCC1c1c(OC)cnn1CCC. The van der Waals surface area contributed by atoms with Crippen LogP contribution in [0.2, 0.25) is 0 Å². The first-order chi connectivity index (χ1) is 9.81. The zero-order valence-electron chi connectivity index (χ0n) is 13.2. The van der Waals surface area contributed by atoms with Crippen LogP contribution in [-0.2, 0) is 6.54 Å². The van der Waals surface area contributed by atoms with Gasteiger partial charge in [-0.1, -0.05) is 26.7 Å². The minimum absolute atomic E-state index is 0.541. The second-order valence-corrected chi connectivity index (χ2v) is 5.77. The third kappa shape index (κ3) is 3.35. The molecule has 1 N–H and O–H groups in total. The molecule has 1 aliphatic carbocycles. The molecule has 0 aromatic carbocycles. The largest absolute Gasteiger partial charge is 0.493 e. The number of ether oxygens (including phenoxy) is 1. The molecule has 0 aliphatic heterocycles. The van der Waals surface area contributed by atoms with Gasteiger partial charge in [0.1, 0.15) is 0 Å². The first kappa shape index (κ1) is 15.4. The van der Waals surface area contributed by atoms with E-state index in [-0.39, 0.29) is 0 Å². The molecule has 2 unspecified atom stereocenters. The predicted molar refractivity (Wildman–Crippen MR) is 82.4 cm³/mol. The zero-order valence-corrected chi connectivity index (χ0v) is 13.2. The van der Waals surface area contributed by atoms with Gasteiger partial charge in [-0.2, -0.15) is 5.10 Å². The van der Waals surface area contributed by atoms with Crippen LogP contribution in [0.5, 0.6) is 5.75 Å². The van der Waals surface area contributed by atoms with E-state index >= 15 is 0 Å². The summed E-state index contributed by atoms with van der Waals surface area (Å²) in [6.45, 7) is 6.51. The molecule has 0 bridgehead atoms. The van der Waals surface area contributed by atoms with E-state index in [1.54, 1.807) is 7.11 Å². The molecule has 2 rings (SSSR count). The molecule has 4 nitrogen and oxygen atoms in total. The second kappa shape index (κ2) is 7.67. The molecule has 1 heterocycles. The van der Waals surface area contributed by atoms with Crippen molar-refractivity contribution in [3.8, 4) is 5.75 Å². The second-order valence-electron chi connectivity index (χ2n) is 5.77. The summed E-state index contributed by atoms with van der Waals surface area (Å²) in [5.74, 6) is 1.51. The average molecular weight is 279 g/mol. The molecule has 0 saturated heterocycles. The van der Waals surface area contributed by atoms with E-state index < -0.39 is 0 Å². The summed E-state index contributed by atoms with van der Waals surface area (Å²) in [4.78, 5) is 0. The molecule has 1 saturated carbocycles. The summed E-state index contributed by atoms with van der Waals surface area (Å²) in [6, 6.07) is 0.574. The molecule has 2 atom stereocenters. The molecule has 1 aromatic rings. The highest BCUT2D eigenvalue weighted by Gasteiger charge is 2.31. The number of rotatable bonds is 7. The third-order valence-corrected chi connectivity index (χ3v) is 4.27. The Bertz CT molecular complexity index is 402. The lowest BCUT2D eigenvalue weighted by Crippen LogP contribution is -2.38. The number of aromatic nitrogens is 2. The molecule has 0 radical (unpaired) electrons. The van der Waals surface area contributed by atoms with Gasteiger partial charge in [0, 0.05) is 18.5 Å². The Morgan fingerprint density at radius 1 is 1.30 bits per heavy atom. The Hall–Kier alpha value is -1.03. The number of nitrogens with zero attached hydrogens (tertiary/aromatic N) is 2. The van der Waals surface area contributed by atoms with E-state index in [1.165, 1.54) is 37.8 Å². The summed E-state index contributed by atoms with van der Waals surface area (Å²) in [5, 5.41) is 8.26. The first-order valence-electron chi connectivity index (χ1n) is 8.14. The summed E-state index contributed by atoms with van der Waals surface area (Å²) in [5.41, 5.74) is 1.31. The topological polar surface area (TPSA) is 39.1 Å². The number of hydrogen-bond donors (Lipinski definition) is 1. The number of hydrogen-bond acceptors (Lipinski definition) is 3. The third-order valence-electron chi connectivity index (χ3n) is 4.27. The predicted octanol–water partition coefficient (Wildman–Crippen LogP) is 3.33. The molecule has 1 aromatic heterocycles. The van der Waals surface area contributed by atoms with Crippen LogP contribution in [0, 0.1) is 0 Å². The fraction of sp³-hybridized carbons (Fsp3) is 0.812. The lowest BCUT2D eigenvalue weighted by molar-refractivity contribution is 0.303. The summed E-state index contributed by atoms with van der Waals surface area (Å²) >= 11 is 0. The molecule has 1 aliphatic rings. The van der Waals surface area contributed by atoms with Crippen LogP contribution in [0.3, 0.4) is 0 Å². The Balaban J connectivity index is 2.23. The van der Waals surface area contributed by atoms with E-state index in [0.29, 0.717) is 12.0 Å². The van der Waals surface area contributed by atoms with Gasteiger partial charge in [-0.15, -0.1) is 0 Å². The standard InChI is InChI=1S/C16H29N3O/c1-4-10-17-14-9-7-6-8-13(14)16-15(20-3)12-18-19(16)11-5-2/h12-14,17H,4-11H2,1-3H3. The van der Waals surface area contributed by atoms with Gasteiger partial charge in [-0.05, 0) is 32.2 Å². The van der Waals surface area contributed by atoms with Crippen molar-refractivity contribution in [3.05, 3.63) is 11.9 Å². The van der Waals surface area contributed by atoms with Gasteiger partial charge in [0.05, 0.1) is 19.0 Å². The maximum Gasteiger partial charge on any atom is 0.160 e. The van der Waals surface area contributed by atoms with E-state index in [1.807, 2.05) is 6.20 Å². The van der Waals surface area contributed by atoms with Crippen molar-refractivity contribution in [2.24, 2.45) is 0 Å². The maximum atomic E-state index is 5.57. The van der Waals surface area contributed by atoms with E-state index in [9.17, 15) is 0 Å². The molecule has 0 spiro atoms. The fourth-order valence-electron chi connectivity index (χ4n) is 3.33. The first-order valence-corrected chi connectivity index (χ1v) is 8.14. The van der Waals surface area contributed by atoms with Crippen molar-refractivity contribution < 1.29 is 4.74 Å². The van der Waals surface area contributed by atoms with Crippen molar-refractivity contribution in [3.63, 3.8) is 0 Å². The Kier molecular flexibility index (Phi) is 5.89. The van der Waals surface area contributed by atoms with Gasteiger partial charge >= 0.3 is 0 Å². The van der Waals surface area contributed by atoms with Crippen LogP contribution >= 0.6 is 0 Å². The maximum absolute atomic E-state index is 5.57. The van der Waals surface area contributed by atoms with Gasteiger partial charge in [-0.25, -0.2) is 0 Å². The van der Waals surface area contributed by atoms with Crippen molar-refractivity contribution >= 4 is 0 Å². The van der Waals surface area contributed by atoms with Gasteiger partial charge in [0.2, 0.25) is 0 Å². The summed E-state index contributed by atoms with van der Waals surface area (Å²) < 4.78 is 7.73. The fourth-order valence-corrected chi connectivity index (χ4v) is 3.33. The van der Waals surface area contributed by atoms with Crippen molar-refractivity contribution in [1.29, 1.82) is 0 Å². The van der Waals surface area contributed by atoms with Gasteiger partial charge in [0.25, 0.3) is 0 Å². The Morgan fingerprint density at radius 3 is 2.80 bits per heavy atom. The monoisotopic (exact) mass is 279 g/mol. The summed E-state index contributed by atoms with van der Waals surface area (Å²) in [7, 11) is 1.76. The van der Waals surface area contributed by atoms with Crippen molar-refractivity contribution in [2.45, 2.75) is 70.9 Å². The summed E-state index contributed by atoms with van der Waals surface area (Å²) in [6.07, 6.45) is 9.35. The average Bonchev–Trinajstić information content (AvgIpc) is 2.88. The molecular formula is C16H29N3O. The van der Waals surface area contributed by atoms with Crippen LogP contribution in [0.15, 0.2) is 6.20 Å². The van der Waals surface area contributed by atoms with Crippen LogP contribution < -0.4 is 10.1 Å². The van der Waals surface area contributed by atoms with Gasteiger partial charge in [0.15, 0.2) is 5.75 Å².